The molecule has 1 heterocycles. The Morgan fingerprint density at radius 3 is 2.80 bits per heavy atom. The van der Waals surface area contributed by atoms with Crippen LogP contribution in [-0.2, 0) is 4.79 Å². The Bertz CT molecular complexity index is 908. The predicted octanol–water partition coefficient (Wildman–Crippen LogP) is 4.30. The van der Waals surface area contributed by atoms with Crippen molar-refractivity contribution in [3.63, 3.8) is 0 Å². The number of carboxylic acid groups (broad SMARTS) is 1. The molecule has 128 valence electrons. The maximum Gasteiger partial charge on any atom is 0.335 e. The van der Waals surface area contributed by atoms with E-state index in [0.717, 1.165) is 5.52 Å². The minimum Gasteiger partial charge on any atom is -0.478 e. The lowest BCUT2D eigenvalue weighted by Crippen LogP contribution is -2.13. The Morgan fingerprint density at radius 2 is 2.04 bits per heavy atom. The lowest BCUT2D eigenvalue weighted by Gasteiger charge is -2.07. The van der Waals surface area contributed by atoms with Crippen LogP contribution in [0.3, 0.4) is 0 Å². The molecule has 8 heteroatoms. The van der Waals surface area contributed by atoms with Gasteiger partial charge in [0.05, 0.1) is 16.3 Å². The third-order valence-electron chi connectivity index (χ3n) is 3.32. The van der Waals surface area contributed by atoms with Crippen molar-refractivity contribution in [3.05, 3.63) is 53.1 Å². The van der Waals surface area contributed by atoms with Gasteiger partial charge in [0.2, 0.25) is 5.91 Å². The largest absolute Gasteiger partial charge is 0.478 e. The Labute approximate surface area is 152 Å². The van der Waals surface area contributed by atoms with Crippen LogP contribution in [0.4, 0.5) is 5.69 Å². The van der Waals surface area contributed by atoms with Crippen molar-refractivity contribution in [1.29, 1.82) is 0 Å². The summed E-state index contributed by atoms with van der Waals surface area (Å²) in [6.45, 7) is 0. The smallest absolute Gasteiger partial charge is 0.335 e. The fourth-order valence-corrected chi connectivity index (χ4v) is 3.05. The fourth-order valence-electron chi connectivity index (χ4n) is 2.11. The number of hydrogen-bond donors (Lipinski definition) is 2. The highest BCUT2D eigenvalue weighted by atomic mass is 35.5. The average molecular weight is 377 g/mol. The van der Waals surface area contributed by atoms with Crippen molar-refractivity contribution < 1.29 is 19.1 Å². The molecule has 0 aliphatic rings. The predicted molar refractivity (Wildman–Crippen MR) is 96.4 cm³/mol. The molecule has 0 unspecified atom stereocenters. The van der Waals surface area contributed by atoms with Gasteiger partial charge in [0.1, 0.15) is 5.52 Å². The molecule has 3 aromatic rings. The molecule has 1 aromatic heterocycles. The number of fused-ring (bicyclic) bond motifs is 1. The lowest BCUT2D eigenvalue weighted by atomic mass is 10.2. The van der Waals surface area contributed by atoms with Crippen LogP contribution in [0, 0.1) is 0 Å². The normalized spacial score (nSPS) is 10.8. The molecule has 0 fully saturated rings. The Balaban J connectivity index is 1.56. The first-order chi connectivity index (χ1) is 12.0. The topological polar surface area (TPSA) is 92.4 Å². The van der Waals surface area contributed by atoms with Gasteiger partial charge in [-0.15, -0.1) is 0 Å². The minimum absolute atomic E-state index is 0.0561. The molecule has 1 amide bonds. The summed E-state index contributed by atoms with van der Waals surface area (Å²) in [6, 6.07) is 11.6. The van der Waals surface area contributed by atoms with Crippen LogP contribution in [0.1, 0.15) is 16.8 Å². The van der Waals surface area contributed by atoms with E-state index >= 15 is 0 Å². The number of anilines is 1. The van der Waals surface area contributed by atoms with Crippen molar-refractivity contribution in [2.24, 2.45) is 0 Å². The number of aromatic nitrogens is 1. The fraction of sp³-hybridized carbons (Fsp3) is 0.118. The third kappa shape index (κ3) is 4.32. The molecule has 0 aliphatic carbocycles. The number of oxazole rings is 1. The van der Waals surface area contributed by atoms with Gasteiger partial charge in [-0.25, -0.2) is 9.78 Å². The van der Waals surface area contributed by atoms with E-state index < -0.39 is 5.97 Å². The molecule has 0 spiro atoms. The number of nitrogens with one attached hydrogen (secondary N) is 1. The molecule has 0 saturated heterocycles. The van der Waals surface area contributed by atoms with E-state index in [1.54, 1.807) is 0 Å². The number of amides is 1. The summed E-state index contributed by atoms with van der Waals surface area (Å²) in [5.74, 6) is -0.888. The van der Waals surface area contributed by atoms with Crippen molar-refractivity contribution in [1.82, 2.24) is 4.98 Å². The monoisotopic (exact) mass is 376 g/mol. The molecule has 0 bridgehead atoms. The molecule has 0 radical (unpaired) electrons. The number of benzene rings is 2. The van der Waals surface area contributed by atoms with Crippen LogP contribution in [0.5, 0.6) is 0 Å². The van der Waals surface area contributed by atoms with Gasteiger partial charge in [-0.1, -0.05) is 35.5 Å². The number of halogens is 1. The lowest BCUT2D eigenvalue weighted by molar-refractivity contribution is -0.115. The summed E-state index contributed by atoms with van der Waals surface area (Å²) in [5, 5.41) is 12.4. The van der Waals surface area contributed by atoms with E-state index in [1.807, 2.05) is 24.3 Å². The van der Waals surface area contributed by atoms with E-state index in [9.17, 15) is 9.59 Å². The molecule has 2 aromatic carbocycles. The second-order valence-electron chi connectivity index (χ2n) is 5.09. The van der Waals surface area contributed by atoms with Gasteiger partial charge in [0, 0.05) is 12.2 Å². The first-order valence-corrected chi connectivity index (χ1v) is 8.70. The highest BCUT2D eigenvalue weighted by Gasteiger charge is 2.11. The van der Waals surface area contributed by atoms with Crippen LogP contribution >= 0.6 is 23.4 Å². The molecular formula is C17H13ClN2O4S. The van der Waals surface area contributed by atoms with Crippen LogP contribution in [0.25, 0.3) is 11.1 Å². The van der Waals surface area contributed by atoms with E-state index in [-0.39, 0.29) is 28.6 Å². The molecule has 3 rings (SSSR count). The summed E-state index contributed by atoms with van der Waals surface area (Å²) >= 11 is 7.31. The SMILES string of the molecule is O=C(CCSc1nc2ccccc2o1)Nc1cc(C(=O)O)ccc1Cl. The van der Waals surface area contributed by atoms with E-state index in [0.29, 0.717) is 16.6 Å². The number of hydrogen-bond acceptors (Lipinski definition) is 5. The van der Waals surface area contributed by atoms with Crippen molar-refractivity contribution in [3.8, 4) is 0 Å². The third-order valence-corrected chi connectivity index (χ3v) is 4.48. The second-order valence-corrected chi connectivity index (χ2v) is 6.55. The number of nitrogens with zero attached hydrogens (tertiary/aromatic N) is 1. The maximum absolute atomic E-state index is 12.0. The van der Waals surface area contributed by atoms with Gasteiger partial charge in [-0.05, 0) is 30.3 Å². The minimum atomic E-state index is -1.08. The number of aromatic carboxylic acids is 1. The average Bonchev–Trinajstić information content (AvgIpc) is 2.99. The summed E-state index contributed by atoms with van der Waals surface area (Å²) < 4.78 is 5.56. The molecule has 0 aliphatic heterocycles. The number of para-hydroxylation sites is 2. The number of carboxylic acids is 1. The quantitative estimate of drug-likeness (QED) is 0.623. The standard InChI is InChI=1S/C17H13ClN2O4S/c18-11-6-5-10(16(22)23)9-13(11)19-15(21)7-8-25-17-20-12-3-1-2-4-14(12)24-17/h1-6,9H,7-8H2,(H,19,21)(H,22,23). The van der Waals surface area contributed by atoms with Crippen molar-refractivity contribution in [2.75, 3.05) is 11.1 Å². The van der Waals surface area contributed by atoms with E-state index in [1.165, 1.54) is 30.0 Å². The first kappa shape index (κ1) is 17.3. The van der Waals surface area contributed by atoms with Gasteiger partial charge >= 0.3 is 5.97 Å². The Hall–Kier alpha value is -2.51. The zero-order chi connectivity index (χ0) is 17.8. The van der Waals surface area contributed by atoms with Crippen LogP contribution < -0.4 is 5.32 Å². The number of thioether (sulfide) groups is 1. The van der Waals surface area contributed by atoms with Gasteiger partial charge in [0.15, 0.2) is 5.58 Å². The second kappa shape index (κ2) is 7.58. The summed E-state index contributed by atoms with van der Waals surface area (Å²) in [5.41, 5.74) is 1.80. The molecule has 0 atom stereocenters. The number of carbonyl (C=O) groups excluding carboxylic acids is 1. The maximum atomic E-state index is 12.0. The molecule has 2 N–H and O–H groups in total. The number of carbonyl (C=O) groups is 2. The highest BCUT2D eigenvalue weighted by molar-refractivity contribution is 7.99. The zero-order valence-electron chi connectivity index (χ0n) is 12.9. The molecule has 25 heavy (non-hydrogen) atoms. The number of rotatable bonds is 6. The Morgan fingerprint density at radius 1 is 1.24 bits per heavy atom. The highest BCUT2D eigenvalue weighted by Crippen LogP contribution is 2.25. The summed E-state index contributed by atoms with van der Waals surface area (Å²) in [6.07, 6.45) is 0.205. The molecular weight excluding hydrogens is 364 g/mol. The molecule has 6 nitrogen and oxygen atoms in total. The Kier molecular flexibility index (Phi) is 5.25. The summed E-state index contributed by atoms with van der Waals surface area (Å²) in [7, 11) is 0. The van der Waals surface area contributed by atoms with E-state index in [2.05, 4.69) is 10.3 Å². The van der Waals surface area contributed by atoms with Crippen LogP contribution in [-0.4, -0.2) is 27.7 Å². The zero-order valence-corrected chi connectivity index (χ0v) is 14.4. The van der Waals surface area contributed by atoms with Gasteiger partial charge in [-0.2, -0.15) is 0 Å². The van der Waals surface area contributed by atoms with Gasteiger partial charge < -0.3 is 14.8 Å². The van der Waals surface area contributed by atoms with E-state index in [4.69, 9.17) is 21.1 Å². The molecule has 0 saturated carbocycles. The van der Waals surface area contributed by atoms with Gasteiger partial charge in [-0.3, -0.25) is 4.79 Å². The van der Waals surface area contributed by atoms with Crippen LogP contribution in [0.15, 0.2) is 52.1 Å². The van der Waals surface area contributed by atoms with Crippen LogP contribution in [0.2, 0.25) is 5.02 Å². The van der Waals surface area contributed by atoms with Gasteiger partial charge in [0.25, 0.3) is 5.22 Å². The first-order valence-electron chi connectivity index (χ1n) is 7.34. The van der Waals surface area contributed by atoms with Crippen molar-refractivity contribution in [2.45, 2.75) is 11.6 Å². The summed E-state index contributed by atoms with van der Waals surface area (Å²) in [4.78, 5) is 27.3. The van der Waals surface area contributed by atoms with Crippen molar-refractivity contribution >= 4 is 52.0 Å².